The van der Waals surface area contributed by atoms with E-state index in [9.17, 15) is 4.79 Å². The molecule has 1 aromatic rings. The lowest BCUT2D eigenvalue weighted by Gasteiger charge is -2.34. The first-order valence-corrected chi connectivity index (χ1v) is 8.58. The smallest absolute Gasteiger partial charge is 0.258 e. The average molecular weight is 365 g/mol. The predicted octanol–water partition coefficient (Wildman–Crippen LogP) is 4.97. The number of hydrogen-bond donors (Lipinski definition) is 1. The van der Waals surface area contributed by atoms with Gasteiger partial charge in [-0.05, 0) is 24.3 Å². The zero-order valence-electron chi connectivity index (χ0n) is 12.7. The minimum absolute atomic E-state index is 0.0880. The molecule has 3 atom stereocenters. The Balaban J connectivity index is 1.89. The Labute approximate surface area is 146 Å². The van der Waals surface area contributed by atoms with Gasteiger partial charge in [-0.2, -0.15) is 0 Å². The number of benzene rings is 1. The van der Waals surface area contributed by atoms with Crippen molar-refractivity contribution in [2.45, 2.75) is 39.2 Å². The summed E-state index contributed by atoms with van der Waals surface area (Å²) in [7, 11) is 0. The van der Waals surface area contributed by atoms with Crippen LogP contribution in [0.3, 0.4) is 0 Å². The summed E-state index contributed by atoms with van der Waals surface area (Å²) in [4.78, 5) is 12.1. The van der Waals surface area contributed by atoms with E-state index in [0.29, 0.717) is 32.7 Å². The lowest BCUT2D eigenvalue weighted by atomic mass is 9.78. The van der Waals surface area contributed by atoms with Gasteiger partial charge in [0.05, 0.1) is 15.1 Å². The number of ether oxygens (including phenoxy) is 1. The third-order valence-electron chi connectivity index (χ3n) is 4.39. The molecule has 0 saturated heterocycles. The van der Waals surface area contributed by atoms with Crippen molar-refractivity contribution in [1.29, 1.82) is 0 Å². The third-order valence-corrected chi connectivity index (χ3v) is 5.40. The summed E-state index contributed by atoms with van der Waals surface area (Å²) in [6.07, 6.45) is 3.39. The third kappa shape index (κ3) is 4.43. The van der Waals surface area contributed by atoms with Crippen molar-refractivity contribution in [1.82, 2.24) is 5.32 Å². The number of nitrogens with one attached hydrogen (secondary N) is 1. The van der Waals surface area contributed by atoms with Gasteiger partial charge in [-0.15, -0.1) is 0 Å². The van der Waals surface area contributed by atoms with Gasteiger partial charge < -0.3 is 10.1 Å². The van der Waals surface area contributed by atoms with E-state index < -0.39 is 0 Å². The maximum absolute atomic E-state index is 12.1. The van der Waals surface area contributed by atoms with Crippen molar-refractivity contribution in [3.05, 3.63) is 27.2 Å². The van der Waals surface area contributed by atoms with Crippen LogP contribution < -0.4 is 10.1 Å². The second-order valence-corrected chi connectivity index (χ2v) is 7.15. The molecular weight excluding hydrogens is 345 g/mol. The standard InChI is InChI=1S/C16H20Cl3NO2/c1-9-4-3-5-14(10(9)2)20-16(21)8-22-15-7-12(18)11(17)6-13(15)19/h6-7,9-10,14H,3-5,8H2,1-2H3,(H,20,21). The van der Waals surface area contributed by atoms with Crippen molar-refractivity contribution in [2.75, 3.05) is 6.61 Å². The minimum atomic E-state index is -0.145. The number of rotatable bonds is 4. The molecule has 3 unspecified atom stereocenters. The summed E-state index contributed by atoms with van der Waals surface area (Å²) in [5, 5.41) is 4.08. The van der Waals surface area contributed by atoms with Gasteiger partial charge in [-0.25, -0.2) is 0 Å². The lowest BCUT2D eigenvalue weighted by Crippen LogP contribution is -2.45. The largest absolute Gasteiger partial charge is 0.482 e. The van der Waals surface area contributed by atoms with E-state index in [-0.39, 0.29) is 18.6 Å². The van der Waals surface area contributed by atoms with Gasteiger partial charge in [0.1, 0.15) is 5.75 Å². The fourth-order valence-corrected chi connectivity index (χ4v) is 3.38. The van der Waals surface area contributed by atoms with Crippen LogP contribution in [0.2, 0.25) is 15.1 Å². The quantitative estimate of drug-likeness (QED) is 0.766. The van der Waals surface area contributed by atoms with Gasteiger partial charge in [-0.1, -0.05) is 61.5 Å². The number of amides is 1. The Bertz CT molecular complexity index is 550. The average Bonchev–Trinajstić information content (AvgIpc) is 2.46. The summed E-state index contributed by atoms with van der Waals surface area (Å²) >= 11 is 17.8. The molecule has 22 heavy (non-hydrogen) atoms. The van der Waals surface area contributed by atoms with Crippen LogP contribution in [0.4, 0.5) is 0 Å². The topological polar surface area (TPSA) is 38.3 Å². The van der Waals surface area contributed by atoms with Gasteiger partial charge in [0.15, 0.2) is 6.61 Å². The first-order valence-electron chi connectivity index (χ1n) is 7.45. The molecule has 2 rings (SSSR count). The van der Waals surface area contributed by atoms with Crippen molar-refractivity contribution in [3.8, 4) is 5.75 Å². The number of halogens is 3. The zero-order valence-corrected chi connectivity index (χ0v) is 14.9. The van der Waals surface area contributed by atoms with Crippen LogP contribution in [0.1, 0.15) is 33.1 Å². The van der Waals surface area contributed by atoms with Gasteiger partial charge in [0.25, 0.3) is 5.91 Å². The zero-order chi connectivity index (χ0) is 16.3. The number of hydrogen-bond acceptors (Lipinski definition) is 2. The predicted molar refractivity (Wildman–Crippen MR) is 91.1 cm³/mol. The fourth-order valence-electron chi connectivity index (χ4n) is 2.79. The summed E-state index contributed by atoms with van der Waals surface area (Å²) in [5.74, 6) is 1.32. The Kier molecular flexibility index (Phi) is 6.25. The van der Waals surface area contributed by atoms with Gasteiger partial charge in [-0.3, -0.25) is 4.79 Å². The van der Waals surface area contributed by atoms with Crippen LogP contribution in [-0.2, 0) is 4.79 Å². The summed E-state index contributed by atoms with van der Waals surface area (Å²) in [5.41, 5.74) is 0. The molecule has 1 amide bonds. The highest BCUT2D eigenvalue weighted by atomic mass is 35.5. The SMILES string of the molecule is CC1CCCC(NC(=O)COc2cc(Cl)c(Cl)cc2Cl)C1C. The lowest BCUT2D eigenvalue weighted by molar-refractivity contribution is -0.124. The number of carbonyl (C=O) groups excluding carboxylic acids is 1. The fraction of sp³-hybridized carbons (Fsp3) is 0.562. The number of carbonyl (C=O) groups is 1. The molecule has 1 aromatic carbocycles. The Morgan fingerprint density at radius 1 is 1.18 bits per heavy atom. The molecule has 1 aliphatic carbocycles. The molecular formula is C16H20Cl3NO2. The second kappa shape index (κ2) is 7.76. The molecule has 0 aromatic heterocycles. The van der Waals surface area contributed by atoms with Crippen LogP contribution in [0.15, 0.2) is 12.1 Å². The molecule has 122 valence electrons. The summed E-state index contributed by atoms with van der Waals surface area (Å²) in [6.45, 7) is 4.33. The van der Waals surface area contributed by atoms with Crippen molar-refractivity contribution < 1.29 is 9.53 Å². The molecule has 3 nitrogen and oxygen atoms in total. The van der Waals surface area contributed by atoms with E-state index in [0.717, 1.165) is 12.8 Å². The van der Waals surface area contributed by atoms with Crippen LogP contribution in [0.5, 0.6) is 5.75 Å². The molecule has 1 saturated carbocycles. The highest BCUT2D eigenvalue weighted by molar-refractivity contribution is 6.43. The Morgan fingerprint density at radius 3 is 2.59 bits per heavy atom. The summed E-state index contributed by atoms with van der Waals surface area (Å²) < 4.78 is 5.45. The van der Waals surface area contributed by atoms with Gasteiger partial charge in [0, 0.05) is 12.1 Å². The Hall–Kier alpha value is -0.640. The first kappa shape index (κ1) is 17.7. The van der Waals surface area contributed by atoms with E-state index >= 15 is 0 Å². The first-order chi connectivity index (χ1) is 10.4. The Morgan fingerprint density at radius 2 is 1.86 bits per heavy atom. The van der Waals surface area contributed by atoms with Crippen LogP contribution in [0, 0.1) is 11.8 Å². The molecule has 1 fully saturated rings. The molecule has 0 radical (unpaired) electrons. The molecule has 0 bridgehead atoms. The monoisotopic (exact) mass is 363 g/mol. The van der Waals surface area contributed by atoms with Gasteiger partial charge >= 0.3 is 0 Å². The molecule has 0 heterocycles. The van der Waals surface area contributed by atoms with E-state index in [1.165, 1.54) is 18.6 Å². The van der Waals surface area contributed by atoms with Gasteiger partial charge in [0.2, 0.25) is 0 Å². The van der Waals surface area contributed by atoms with E-state index in [1.807, 2.05) is 0 Å². The second-order valence-electron chi connectivity index (χ2n) is 5.93. The molecule has 0 aliphatic heterocycles. The van der Waals surface area contributed by atoms with Crippen LogP contribution in [0.25, 0.3) is 0 Å². The maximum Gasteiger partial charge on any atom is 0.258 e. The van der Waals surface area contributed by atoms with Crippen LogP contribution >= 0.6 is 34.8 Å². The normalized spacial score (nSPS) is 24.9. The highest BCUT2D eigenvalue weighted by Gasteiger charge is 2.28. The van der Waals surface area contributed by atoms with Crippen molar-refractivity contribution in [2.24, 2.45) is 11.8 Å². The minimum Gasteiger partial charge on any atom is -0.482 e. The van der Waals surface area contributed by atoms with Crippen molar-refractivity contribution >= 4 is 40.7 Å². The molecule has 6 heteroatoms. The molecule has 1 N–H and O–H groups in total. The van der Waals surface area contributed by atoms with Crippen molar-refractivity contribution in [3.63, 3.8) is 0 Å². The molecule has 1 aliphatic rings. The summed E-state index contributed by atoms with van der Waals surface area (Å²) in [6, 6.07) is 3.23. The van der Waals surface area contributed by atoms with E-state index in [4.69, 9.17) is 39.5 Å². The maximum atomic E-state index is 12.1. The highest BCUT2D eigenvalue weighted by Crippen LogP contribution is 2.34. The molecule has 0 spiro atoms. The van der Waals surface area contributed by atoms with Crippen LogP contribution in [-0.4, -0.2) is 18.6 Å². The van der Waals surface area contributed by atoms with E-state index in [1.54, 1.807) is 0 Å². The van der Waals surface area contributed by atoms with E-state index in [2.05, 4.69) is 19.2 Å².